The van der Waals surface area contributed by atoms with E-state index in [1.165, 1.54) is 100 Å². The Kier molecular flexibility index (Phi) is 8.39. The average Bonchev–Trinajstić information content (AvgIpc) is 3.64. The third kappa shape index (κ3) is 5.76. The molecule has 8 aromatic carbocycles. The van der Waals surface area contributed by atoms with E-state index in [0.717, 1.165) is 0 Å². The second-order valence-corrected chi connectivity index (χ2v) is 19.0. The van der Waals surface area contributed by atoms with Crippen LogP contribution in [0.4, 0.5) is 17.1 Å². The van der Waals surface area contributed by atoms with Crippen molar-refractivity contribution in [2.24, 2.45) is 0 Å². The van der Waals surface area contributed by atoms with Crippen LogP contribution in [0.5, 0.6) is 0 Å². The van der Waals surface area contributed by atoms with Crippen LogP contribution in [0.3, 0.4) is 0 Å². The highest BCUT2D eigenvalue weighted by Gasteiger charge is 2.40. The Hall–Kier alpha value is -6.64. The second kappa shape index (κ2) is 13.7. The molecule has 0 N–H and O–H groups in total. The molecule has 0 amide bonds. The lowest BCUT2D eigenvalue weighted by atomic mass is 9.36. The van der Waals surface area contributed by atoms with Crippen molar-refractivity contribution in [3.8, 4) is 22.3 Å². The molecule has 0 bridgehead atoms. The molecule has 1 nitrogen and oxygen atoms in total. The van der Waals surface area contributed by atoms with Crippen LogP contribution in [0.25, 0.3) is 34.4 Å². The zero-order valence-corrected chi connectivity index (χ0v) is 36.0. The van der Waals surface area contributed by atoms with Crippen molar-refractivity contribution in [2.45, 2.75) is 57.8 Å². The first-order chi connectivity index (χ1) is 29.5. The Labute approximate surface area is 362 Å². The van der Waals surface area contributed by atoms with Crippen molar-refractivity contribution in [3.05, 3.63) is 226 Å². The van der Waals surface area contributed by atoms with E-state index in [9.17, 15) is 0 Å². The molecule has 0 saturated heterocycles. The zero-order valence-electron chi connectivity index (χ0n) is 36.0. The predicted molar refractivity (Wildman–Crippen MR) is 261 cm³/mol. The maximum absolute atomic E-state index is 2.48. The highest BCUT2D eigenvalue weighted by molar-refractivity contribution is 6.95. The third-order valence-corrected chi connectivity index (χ3v) is 14.4. The van der Waals surface area contributed by atoms with Crippen LogP contribution in [0, 0.1) is 0 Å². The molecule has 0 fully saturated rings. The summed E-state index contributed by atoms with van der Waals surface area (Å²) in [7, 11) is 0. The van der Waals surface area contributed by atoms with Gasteiger partial charge < -0.3 is 4.90 Å². The molecule has 0 aromatic heterocycles. The van der Waals surface area contributed by atoms with Gasteiger partial charge in [0.1, 0.15) is 0 Å². The van der Waals surface area contributed by atoms with E-state index < -0.39 is 0 Å². The van der Waals surface area contributed by atoms with Gasteiger partial charge in [-0.1, -0.05) is 228 Å². The van der Waals surface area contributed by atoms with Gasteiger partial charge in [-0.3, -0.25) is 0 Å². The molecule has 11 rings (SSSR count). The normalized spacial score (nSPS) is 15.7. The quantitative estimate of drug-likeness (QED) is 0.120. The van der Waals surface area contributed by atoms with Crippen LogP contribution in [0.1, 0.15) is 86.1 Å². The lowest BCUT2D eigenvalue weighted by Gasteiger charge is -2.42. The first-order valence-corrected chi connectivity index (χ1v) is 21.9. The first-order valence-electron chi connectivity index (χ1n) is 21.9. The molecule has 1 aliphatic heterocycles. The second-order valence-electron chi connectivity index (χ2n) is 19.0. The molecule has 1 heterocycles. The summed E-state index contributed by atoms with van der Waals surface area (Å²) in [6.45, 7) is 14.4. The third-order valence-electron chi connectivity index (χ3n) is 14.4. The van der Waals surface area contributed by atoms with Gasteiger partial charge >= 0.3 is 0 Å². The van der Waals surface area contributed by atoms with E-state index in [1.807, 2.05) is 0 Å². The van der Waals surface area contributed by atoms with E-state index in [0.29, 0.717) is 0 Å². The van der Waals surface area contributed by atoms with Gasteiger partial charge in [0.25, 0.3) is 0 Å². The van der Waals surface area contributed by atoms with E-state index >= 15 is 0 Å². The number of fused-ring (bicyclic) bond motifs is 8. The fourth-order valence-electron chi connectivity index (χ4n) is 11.0. The zero-order chi connectivity index (χ0) is 41.7. The highest BCUT2D eigenvalue weighted by Crippen LogP contribution is 2.55. The summed E-state index contributed by atoms with van der Waals surface area (Å²) in [5, 5.41) is 0. The fraction of sp³-hybridized carbons (Fsp3) is 0.153. The maximum Gasteiger partial charge on any atom is 0.241 e. The highest BCUT2D eigenvalue weighted by atomic mass is 15.2. The van der Waals surface area contributed by atoms with Gasteiger partial charge in [0.15, 0.2) is 0 Å². The largest absolute Gasteiger partial charge is 0.310 e. The van der Waals surface area contributed by atoms with Gasteiger partial charge in [0, 0.05) is 21.9 Å². The molecule has 0 saturated carbocycles. The van der Waals surface area contributed by atoms with Gasteiger partial charge in [0.05, 0.1) is 11.4 Å². The molecule has 61 heavy (non-hydrogen) atoms. The van der Waals surface area contributed by atoms with Crippen LogP contribution in [-0.4, -0.2) is 6.71 Å². The molecule has 0 unspecified atom stereocenters. The van der Waals surface area contributed by atoms with Crippen LogP contribution in [0.15, 0.2) is 182 Å². The molecular weight excluding hydrogens is 733 g/mol. The summed E-state index contributed by atoms with van der Waals surface area (Å²) in [6.07, 6.45) is 4.60. The smallest absolute Gasteiger partial charge is 0.241 e. The van der Waals surface area contributed by atoms with Gasteiger partial charge in [-0.2, -0.15) is 0 Å². The molecule has 2 aliphatic carbocycles. The number of hydrogen-bond acceptors (Lipinski definition) is 1. The lowest BCUT2D eigenvalue weighted by molar-refractivity contribution is 0.631. The van der Waals surface area contributed by atoms with E-state index in [4.69, 9.17) is 0 Å². The van der Waals surface area contributed by atoms with Crippen molar-refractivity contribution in [1.82, 2.24) is 0 Å². The standard InChI is InChI=1S/C59H50BN/c1-57(2)49-21-13-15-23-55(49)61(56-24-16-14-22-50(56)57)44-30-34-48-46-32-28-40(36-52(46)59(5,6)54(48)38-44)26-25-39-27-31-45-47-33-29-43(37-53(47)58(3,4)51(45)35-39)60(41-17-9-7-10-18-41)42-19-11-8-12-20-42/h7-38H,1-6H3. The number of hydrogen-bond donors (Lipinski definition) is 0. The van der Waals surface area contributed by atoms with E-state index in [-0.39, 0.29) is 23.0 Å². The Morgan fingerprint density at radius 3 is 1.25 bits per heavy atom. The minimum absolute atomic E-state index is 0.0830. The average molecular weight is 784 g/mol. The molecule has 8 aromatic rings. The fourth-order valence-corrected chi connectivity index (χ4v) is 11.0. The number of rotatable bonds is 6. The number of anilines is 3. The summed E-state index contributed by atoms with van der Waals surface area (Å²) in [5.41, 5.74) is 23.4. The SMILES string of the molecule is CC1(C)c2cc(C=Cc3ccc4c(c3)C(C)(C)c3cc(N5c6ccccc6C(C)(C)c6ccccc65)ccc3-4)ccc2-c2ccc(B(c3ccccc3)c3ccccc3)cc21. The van der Waals surface area contributed by atoms with Gasteiger partial charge in [0.2, 0.25) is 6.71 Å². The summed E-state index contributed by atoms with van der Waals surface area (Å²) in [5.74, 6) is 0. The Balaban J connectivity index is 0.894. The molecule has 0 radical (unpaired) electrons. The van der Waals surface area contributed by atoms with Crippen molar-refractivity contribution in [2.75, 3.05) is 4.90 Å². The van der Waals surface area contributed by atoms with E-state index in [2.05, 4.69) is 241 Å². The van der Waals surface area contributed by atoms with E-state index in [1.54, 1.807) is 0 Å². The minimum Gasteiger partial charge on any atom is -0.310 e. The molecule has 0 spiro atoms. The predicted octanol–water partition coefficient (Wildman–Crippen LogP) is 13.1. The minimum atomic E-state index is -0.152. The molecule has 3 aliphatic rings. The topological polar surface area (TPSA) is 3.24 Å². The van der Waals surface area contributed by atoms with Gasteiger partial charge in [-0.15, -0.1) is 0 Å². The Morgan fingerprint density at radius 1 is 0.344 bits per heavy atom. The van der Waals surface area contributed by atoms with Crippen LogP contribution >= 0.6 is 0 Å². The lowest BCUT2D eigenvalue weighted by Crippen LogP contribution is -2.52. The van der Waals surface area contributed by atoms with Crippen LogP contribution in [0.2, 0.25) is 0 Å². The number of benzene rings is 8. The van der Waals surface area contributed by atoms with Crippen LogP contribution in [-0.2, 0) is 16.2 Å². The Morgan fingerprint density at radius 2 is 0.738 bits per heavy atom. The monoisotopic (exact) mass is 783 g/mol. The number of para-hydroxylation sites is 2. The summed E-state index contributed by atoms with van der Waals surface area (Å²) in [4.78, 5) is 2.48. The van der Waals surface area contributed by atoms with Crippen molar-refractivity contribution < 1.29 is 0 Å². The van der Waals surface area contributed by atoms with Crippen molar-refractivity contribution in [1.29, 1.82) is 0 Å². The molecule has 0 atom stereocenters. The van der Waals surface area contributed by atoms with Crippen LogP contribution < -0.4 is 21.3 Å². The maximum atomic E-state index is 2.48. The molecular formula is C59H50BN. The summed E-state index contributed by atoms with van der Waals surface area (Å²) >= 11 is 0. The first kappa shape index (κ1) is 37.4. The number of nitrogens with zero attached hydrogens (tertiary/aromatic N) is 1. The van der Waals surface area contributed by atoms with Gasteiger partial charge in [-0.25, -0.2) is 0 Å². The summed E-state index contributed by atoms with van der Waals surface area (Å²) < 4.78 is 0. The van der Waals surface area contributed by atoms with Crippen molar-refractivity contribution in [3.63, 3.8) is 0 Å². The summed E-state index contributed by atoms with van der Waals surface area (Å²) in [6, 6.07) is 68.1. The molecule has 294 valence electrons. The van der Waals surface area contributed by atoms with Crippen molar-refractivity contribution >= 4 is 52.3 Å². The van der Waals surface area contributed by atoms with Gasteiger partial charge in [-0.05, 0) is 91.0 Å². The Bertz CT molecular complexity index is 2970. The molecule has 2 heteroatoms.